The SMILES string of the molecule is C=C/C=C(\C=C/N)CN1CCC(C(=O)N2CCN(Cc3ccc4c(c3)c3ccccc3n4CC)CC2)CC1. The van der Waals surface area contributed by atoms with Gasteiger partial charge >= 0.3 is 0 Å². The molecule has 0 radical (unpaired) electrons. The second kappa shape index (κ2) is 12.0. The van der Waals surface area contributed by atoms with Crippen LogP contribution >= 0.6 is 0 Å². The largest absolute Gasteiger partial charge is 0.405 e. The van der Waals surface area contributed by atoms with Gasteiger partial charge in [0.25, 0.3) is 0 Å². The third kappa shape index (κ3) is 5.57. The number of hydrogen-bond acceptors (Lipinski definition) is 4. The van der Waals surface area contributed by atoms with Crippen LogP contribution in [0.15, 0.2) is 79.0 Å². The Hall–Kier alpha value is -3.35. The highest BCUT2D eigenvalue weighted by atomic mass is 16.2. The molecule has 1 aromatic heterocycles. The van der Waals surface area contributed by atoms with Gasteiger partial charge in [0, 0.05) is 73.5 Å². The van der Waals surface area contributed by atoms with Crippen LogP contribution in [0, 0.1) is 5.92 Å². The van der Waals surface area contributed by atoms with Gasteiger partial charge < -0.3 is 15.2 Å². The van der Waals surface area contributed by atoms with E-state index in [-0.39, 0.29) is 5.92 Å². The summed E-state index contributed by atoms with van der Waals surface area (Å²) in [7, 11) is 0. The number of piperidine rings is 1. The van der Waals surface area contributed by atoms with E-state index in [0.717, 1.165) is 77.3 Å². The standard InChI is InChI=1S/C32H41N5O/c1-3-7-25(12-15-33)23-34-16-13-27(14-17-34)32(38)36-20-18-35(19-21-36)24-26-10-11-31-29(22-26)28-8-5-6-9-30(28)37(31)4-2/h3,5-12,15,22,27H,1,4,13-14,16-21,23-24,33H2,2H3/b15-12-,25-7+. The van der Waals surface area contributed by atoms with Gasteiger partial charge in [0.15, 0.2) is 0 Å². The summed E-state index contributed by atoms with van der Waals surface area (Å²) in [6, 6.07) is 15.6. The zero-order chi connectivity index (χ0) is 26.5. The number of nitrogens with two attached hydrogens (primary N) is 1. The first kappa shape index (κ1) is 26.3. The summed E-state index contributed by atoms with van der Waals surface area (Å²) in [5, 5.41) is 2.67. The maximum atomic E-state index is 13.3. The van der Waals surface area contributed by atoms with E-state index in [1.54, 1.807) is 12.3 Å². The van der Waals surface area contributed by atoms with Crippen molar-refractivity contribution in [3.63, 3.8) is 0 Å². The van der Waals surface area contributed by atoms with Gasteiger partial charge in [-0.25, -0.2) is 0 Å². The van der Waals surface area contributed by atoms with E-state index < -0.39 is 0 Å². The predicted molar refractivity (Wildman–Crippen MR) is 158 cm³/mol. The van der Waals surface area contributed by atoms with Crippen LogP contribution in [0.25, 0.3) is 21.8 Å². The number of likely N-dealkylation sites (tertiary alicyclic amines) is 1. The second-order valence-electron chi connectivity index (χ2n) is 10.6. The number of carbonyl (C=O) groups excluding carboxylic acids is 1. The summed E-state index contributed by atoms with van der Waals surface area (Å²) in [5.41, 5.74) is 10.7. The second-order valence-corrected chi connectivity index (χ2v) is 10.6. The summed E-state index contributed by atoms with van der Waals surface area (Å²) >= 11 is 0. The number of carbonyl (C=O) groups is 1. The maximum Gasteiger partial charge on any atom is 0.225 e. The van der Waals surface area contributed by atoms with Crippen LogP contribution in [0.3, 0.4) is 0 Å². The average molecular weight is 512 g/mol. The molecule has 0 spiro atoms. The summed E-state index contributed by atoms with van der Waals surface area (Å²) in [6.45, 7) is 14.2. The average Bonchev–Trinajstić information content (AvgIpc) is 3.27. The molecule has 0 atom stereocenters. The van der Waals surface area contributed by atoms with E-state index >= 15 is 0 Å². The fraction of sp³-hybridized carbons (Fsp3) is 0.406. The monoisotopic (exact) mass is 511 g/mol. The molecule has 200 valence electrons. The lowest BCUT2D eigenvalue weighted by Crippen LogP contribution is -2.51. The van der Waals surface area contributed by atoms with Crippen molar-refractivity contribution in [1.29, 1.82) is 0 Å². The first-order chi connectivity index (χ1) is 18.6. The van der Waals surface area contributed by atoms with Gasteiger partial charge in [-0.3, -0.25) is 14.6 Å². The number of benzene rings is 2. The van der Waals surface area contributed by atoms with E-state index in [4.69, 9.17) is 5.73 Å². The summed E-state index contributed by atoms with van der Waals surface area (Å²) in [5.74, 6) is 0.495. The summed E-state index contributed by atoms with van der Waals surface area (Å²) in [4.78, 5) is 20.3. The van der Waals surface area contributed by atoms with Gasteiger partial charge in [0.1, 0.15) is 0 Å². The number of aromatic nitrogens is 1. The van der Waals surface area contributed by atoms with Gasteiger partial charge in [-0.1, -0.05) is 43.0 Å². The number of nitrogens with zero attached hydrogens (tertiary/aromatic N) is 4. The van der Waals surface area contributed by atoms with Gasteiger partial charge in [-0.15, -0.1) is 0 Å². The topological polar surface area (TPSA) is 57.7 Å². The molecule has 3 heterocycles. The highest BCUT2D eigenvalue weighted by molar-refractivity contribution is 6.08. The molecule has 1 amide bonds. The lowest BCUT2D eigenvalue weighted by Gasteiger charge is -2.38. The normalized spacial score (nSPS) is 18.7. The lowest BCUT2D eigenvalue weighted by atomic mass is 9.94. The van der Waals surface area contributed by atoms with Crippen LogP contribution in [0.4, 0.5) is 0 Å². The molecule has 0 saturated carbocycles. The quantitative estimate of drug-likeness (QED) is 0.443. The van der Waals surface area contributed by atoms with E-state index in [2.05, 4.69) is 75.2 Å². The van der Waals surface area contributed by atoms with Crippen molar-refractivity contribution in [2.24, 2.45) is 11.7 Å². The Morgan fingerprint density at radius 2 is 1.71 bits per heavy atom. The molecule has 3 aromatic rings. The van der Waals surface area contributed by atoms with E-state index in [9.17, 15) is 4.79 Å². The fourth-order valence-corrected chi connectivity index (χ4v) is 6.21. The van der Waals surface area contributed by atoms with Crippen molar-refractivity contribution in [2.75, 3.05) is 45.8 Å². The molecule has 2 aromatic carbocycles. The van der Waals surface area contributed by atoms with Crippen molar-refractivity contribution in [3.8, 4) is 0 Å². The summed E-state index contributed by atoms with van der Waals surface area (Å²) in [6.07, 6.45) is 9.17. The van der Waals surface area contributed by atoms with Crippen molar-refractivity contribution >= 4 is 27.7 Å². The number of fused-ring (bicyclic) bond motifs is 3. The number of rotatable bonds is 8. The van der Waals surface area contributed by atoms with E-state index in [0.29, 0.717) is 5.91 Å². The molecule has 38 heavy (non-hydrogen) atoms. The summed E-state index contributed by atoms with van der Waals surface area (Å²) < 4.78 is 2.40. The zero-order valence-electron chi connectivity index (χ0n) is 22.7. The Balaban J connectivity index is 1.14. The number of allylic oxidation sites excluding steroid dienone is 2. The van der Waals surface area contributed by atoms with Crippen LogP contribution in [-0.4, -0.2) is 71.0 Å². The highest BCUT2D eigenvalue weighted by Crippen LogP contribution is 2.30. The minimum Gasteiger partial charge on any atom is -0.405 e. The molecule has 0 unspecified atom stereocenters. The minimum absolute atomic E-state index is 0.146. The van der Waals surface area contributed by atoms with Crippen LogP contribution in [0.1, 0.15) is 25.3 Å². The minimum atomic E-state index is 0.146. The fourth-order valence-electron chi connectivity index (χ4n) is 6.21. The third-order valence-corrected chi connectivity index (χ3v) is 8.23. The molecule has 2 N–H and O–H groups in total. The molecule has 2 fully saturated rings. The van der Waals surface area contributed by atoms with Crippen LogP contribution in [0.5, 0.6) is 0 Å². The molecular formula is C32H41N5O. The molecule has 2 aliphatic heterocycles. The molecular weight excluding hydrogens is 470 g/mol. The zero-order valence-corrected chi connectivity index (χ0v) is 22.7. The maximum absolute atomic E-state index is 13.3. The molecule has 6 heteroatoms. The number of aryl methyl sites for hydroxylation is 1. The van der Waals surface area contributed by atoms with Crippen LogP contribution in [0.2, 0.25) is 0 Å². The first-order valence-electron chi connectivity index (χ1n) is 14.0. The van der Waals surface area contributed by atoms with E-state index in [1.807, 2.05) is 12.2 Å². The molecule has 2 aliphatic rings. The van der Waals surface area contributed by atoms with E-state index in [1.165, 1.54) is 27.4 Å². The van der Waals surface area contributed by atoms with Crippen molar-refractivity contribution < 1.29 is 4.79 Å². The molecule has 6 nitrogen and oxygen atoms in total. The first-order valence-corrected chi connectivity index (χ1v) is 14.0. The van der Waals surface area contributed by atoms with Crippen LogP contribution < -0.4 is 5.73 Å². The van der Waals surface area contributed by atoms with Gasteiger partial charge in [-0.05, 0) is 74.5 Å². The Kier molecular flexibility index (Phi) is 8.30. The molecule has 0 aliphatic carbocycles. The number of para-hydroxylation sites is 1. The smallest absolute Gasteiger partial charge is 0.225 e. The Morgan fingerprint density at radius 1 is 0.974 bits per heavy atom. The lowest BCUT2D eigenvalue weighted by molar-refractivity contribution is -0.138. The highest BCUT2D eigenvalue weighted by Gasteiger charge is 2.30. The van der Waals surface area contributed by atoms with Gasteiger partial charge in [0.2, 0.25) is 5.91 Å². The van der Waals surface area contributed by atoms with Crippen molar-refractivity contribution in [3.05, 3.63) is 84.6 Å². The van der Waals surface area contributed by atoms with Crippen LogP contribution in [-0.2, 0) is 17.9 Å². The number of amides is 1. The van der Waals surface area contributed by atoms with Crippen molar-refractivity contribution in [1.82, 2.24) is 19.3 Å². The van der Waals surface area contributed by atoms with Gasteiger partial charge in [-0.2, -0.15) is 0 Å². The number of piperazine rings is 1. The Bertz CT molecular complexity index is 1340. The molecule has 2 saturated heterocycles. The number of hydrogen-bond donors (Lipinski definition) is 1. The predicted octanol–water partition coefficient (Wildman–Crippen LogP) is 4.76. The van der Waals surface area contributed by atoms with Crippen molar-refractivity contribution in [2.45, 2.75) is 32.9 Å². The molecule has 5 rings (SSSR count). The molecule has 0 bridgehead atoms. The Morgan fingerprint density at radius 3 is 2.42 bits per heavy atom. The van der Waals surface area contributed by atoms with Gasteiger partial charge in [0.05, 0.1) is 0 Å². The third-order valence-electron chi connectivity index (χ3n) is 8.23. The Labute approximate surface area is 226 Å².